The molecule has 1 aromatic rings. The van der Waals surface area contributed by atoms with Gasteiger partial charge in [-0.1, -0.05) is 0 Å². The molecule has 0 aromatic heterocycles. The minimum atomic E-state index is -0.853. The fourth-order valence-corrected chi connectivity index (χ4v) is 1.05. The quantitative estimate of drug-likeness (QED) is 0.528. The largest absolute Gasteiger partial charge is 0.508 e. The number of carbonyl (C=O) groups excluding carboxylic acids is 2. The zero-order valence-corrected chi connectivity index (χ0v) is 8.60. The first-order valence-electron chi connectivity index (χ1n) is 4.54. The fraction of sp³-hybridized carbons (Fsp3) is 0.200. The Morgan fingerprint density at radius 2 is 2.00 bits per heavy atom. The van der Waals surface area contributed by atoms with E-state index in [1.165, 1.54) is 19.1 Å². The van der Waals surface area contributed by atoms with E-state index < -0.39 is 17.9 Å². The van der Waals surface area contributed by atoms with Crippen LogP contribution < -0.4 is 11.1 Å². The summed E-state index contributed by atoms with van der Waals surface area (Å²) in [6, 6.07) is 2.66. The molecular formula is C10H12N2O4. The highest BCUT2D eigenvalue weighted by atomic mass is 16.3. The van der Waals surface area contributed by atoms with Crippen LogP contribution in [0.4, 0.5) is 0 Å². The van der Waals surface area contributed by atoms with Gasteiger partial charge < -0.3 is 21.3 Å². The van der Waals surface area contributed by atoms with E-state index >= 15 is 0 Å². The van der Waals surface area contributed by atoms with Gasteiger partial charge in [-0.25, -0.2) is 0 Å². The Kier molecular flexibility index (Phi) is 3.34. The Bertz CT molecular complexity index is 431. The summed E-state index contributed by atoms with van der Waals surface area (Å²) in [5.74, 6) is -1.81. The van der Waals surface area contributed by atoms with E-state index in [-0.39, 0.29) is 17.1 Å². The highest BCUT2D eigenvalue weighted by molar-refractivity contribution is 5.99. The summed E-state index contributed by atoms with van der Waals surface area (Å²) in [6.07, 6.45) is 0. The fourth-order valence-electron chi connectivity index (χ4n) is 1.05. The first-order chi connectivity index (χ1) is 7.41. The molecule has 6 heteroatoms. The van der Waals surface area contributed by atoms with E-state index in [1.54, 1.807) is 0 Å². The van der Waals surface area contributed by atoms with Crippen LogP contribution in [0.15, 0.2) is 18.2 Å². The summed E-state index contributed by atoms with van der Waals surface area (Å²) in [5.41, 5.74) is 4.85. The third-order valence-electron chi connectivity index (χ3n) is 2.00. The van der Waals surface area contributed by atoms with Crippen molar-refractivity contribution < 1.29 is 19.8 Å². The van der Waals surface area contributed by atoms with Crippen LogP contribution in [0.1, 0.15) is 17.3 Å². The number of hydrogen-bond acceptors (Lipinski definition) is 4. The zero-order chi connectivity index (χ0) is 12.3. The van der Waals surface area contributed by atoms with Gasteiger partial charge >= 0.3 is 0 Å². The number of hydrogen-bond donors (Lipinski definition) is 4. The minimum absolute atomic E-state index is 0.117. The Balaban J connectivity index is 2.88. The molecule has 0 bridgehead atoms. The van der Waals surface area contributed by atoms with Gasteiger partial charge in [-0.2, -0.15) is 0 Å². The molecule has 1 aromatic carbocycles. The maximum Gasteiger partial charge on any atom is 0.255 e. The summed E-state index contributed by atoms with van der Waals surface area (Å²) >= 11 is 0. The smallest absolute Gasteiger partial charge is 0.255 e. The third-order valence-corrected chi connectivity index (χ3v) is 2.00. The number of phenols is 2. The van der Waals surface area contributed by atoms with Gasteiger partial charge in [0.15, 0.2) is 0 Å². The van der Waals surface area contributed by atoms with Crippen molar-refractivity contribution in [2.75, 3.05) is 0 Å². The molecule has 0 saturated heterocycles. The topological polar surface area (TPSA) is 113 Å². The van der Waals surface area contributed by atoms with Crippen LogP contribution in [-0.4, -0.2) is 28.1 Å². The summed E-state index contributed by atoms with van der Waals surface area (Å²) in [7, 11) is 0. The zero-order valence-electron chi connectivity index (χ0n) is 8.60. The molecule has 1 unspecified atom stereocenters. The number of phenolic OH excluding ortho intramolecular Hbond substituents is 2. The number of nitrogens with two attached hydrogens (primary N) is 1. The molecule has 0 spiro atoms. The van der Waals surface area contributed by atoms with Crippen molar-refractivity contribution in [3.63, 3.8) is 0 Å². The monoisotopic (exact) mass is 224 g/mol. The van der Waals surface area contributed by atoms with Crippen molar-refractivity contribution in [3.8, 4) is 11.5 Å². The second-order valence-electron chi connectivity index (χ2n) is 3.30. The average Bonchev–Trinajstić information content (AvgIpc) is 2.21. The van der Waals surface area contributed by atoms with Crippen LogP contribution in [0.3, 0.4) is 0 Å². The third kappa shape index (κ3) is 2.63. The number of nitrogens with one attached hydrogen (secondary N) is 1. The molecule has 0 aliphatic carbocycles. The van der Waals surface area contributed by atoms with Gasteiger partial charge in [0.2, 0.25) is 5.91 Å². The summed E-state index contributed by atoms with van der Waals surface area (Å²) in [4.78, 5) is 22.3. The molecule has 1 atom stereocenters. The molecule has 2 amide bonds. The van der Waals surface area contributed by atoms with Gasteiger partial charge in [0.25, 0.3) is 5.91 Å². The minimum Gasteiger partial charge on any atom is -0.508 e. The maximum atomic E-state index is 11.5. The molecule has 0 aliphatic rings. The van der Waals surface area contributed by atoms with Crippen LogP contribution in [0.25, 0.3) is 0 Å². The van der Waals surface area contributed by atoms with Gasteiger partial charge in [0.05, 0.1) is 5.56 Å². The van der Waals surface area contributed by atoms with Gasteiger partial charge in [-0.3, -0.25) is 9.59 Å². The van der Waals surface area contributed by atoms with Crippen molar-refractivity contribution in [1.82, 2.24) is 5.32 Å². The lowest BCUT2D eigenvalue weighted by atomic mass is 10.1. The number of aromatic hydroxyl groups is 2. The van der Waals surface area contributed by atoms with Crippen LogP contribution in [0.5, 0.6) is 11.5 Å². The molecule has 0 aliphatic heterocycles. The Morgan fingerprint density at radius 3 is 2.56 bits per heavy atom. The summed E-state index contributed by atoms with van der Waals surface area (Å²) in [5, 5.41) is 20.8. The van der Waals surface area contributed by atoms with Gasteiger partial charge in [-0.05, 0) is 25.1 Å². The van der Waals surface area contributed by atoms with Gasteiger partial charge in [0, 0.05) is 0 Å². The molecule has 86 valence electrons. The lowest BCUT2D eigenvalue weighted by Gasteiger charge is -2.11. The maximum absolute atomic E-state index is 11.5. The van der Waals surface area contributed by atoms with E-state index in [9.17, 15) is 14.7 Å². The van der Waals surface area contributed by atoms with E-state index in [0.29, 0.717) is 0 Å². The number of rotatable bonds is 3. The van der Waals surface area contributed by atoms with E-state index in [1.807, 2.05) is 0 Å². The first kappa shape index (κ1) is 11.8. The lowest BCUT2D eigenvalue weighted by molar-refractivity contribution is -0.119. The van der Waals surface area contributed by atoms with Crippen LogP contribution in [-0.2, 0) is 4.79 Å². The van der Waals surface area contributed by atoms with Crippen molar-refractivity contribution in [3.05, 3.63) is 23.8 Å². The number of carbonyl (C=O) groups is 2. The lowest BCUT2D eigenvalue weighted by Crippen LogP contribution is -2.42. The summed E-state index contributed by atoms with van der Waals surface area (Å²) < 4.78 is 0. The molecule has 16 heavy (non-hydrogen) atoms. The van der Waals surface area contributed by atoms with Crippen molar-refractivity contribution >= 4 is 11.8 Å². The molecule has 0 radical (unpaired) electrons. The first-order valence-corrected chi connectivity index (χ1v) is 4.54. The molecule has 0 saturated carbocycles. The second-order valence-corrected chi connectivity index (χ2v) is 3.30. The predicted octanol–water partition coefficient (Wildman–Crippen LogP) is -0.299. The van der Waals surface area contributed by atoms with Crippen molar-refractivity contribution in [1.29, 1.82) is 0 Å². The average molecular weight is 224 g/mol. The normalized spacial score (nSPS) is 11.8. The van der Waals surface area contributed by atoms with Crippen LogP contribution in [0, 0.1) is 0 Å². The molecule has 6 nitrogen and oxygen atoms in total. The number of primary amides is 1. The van der Waals surface area contributed by atoms with Crippen molar-refractivity contribution in [2.45, 2.75) is 13.0 Å². The molecular weight excluding hydrogens is 212 g/mol. The second kappa shape index (κ2) is 4.52. The van der Waals surface area contributed by atoms with E-state index in [4.69, 9.17) is 10.8 Å². The highest BCUT2D eigenvalue weighted by Crippen LogP contribution is 2.21. The van der Waals surface area contributed by atoms with Gasteiger partial charge in [0.1, 0.15) is 17.5 Å². The standard InChI is InChI=1S/C10H12N2O4/c1-5(9(11)15)12-10(16)7-4-6(13)2-3-8(7)14/h2-5,13-14H,1H3,(H2,11,15)(H,12,16). The highest BCUT2D eigenvalue weighted by Gasteiger charge is 2.16. The van der Waals surface area contributed by atoms with Gasteiger partial charge in [-0.15, -0.1) is 0 Å². The molecule has 0 fully saturated rings. The molecule has 0 heterocycles. The number of amides is 2. The molecule has 5 N–H and O–H groups in total. The SMILES string of the molecule is CC(NC(=O)c1cc(O)ccc1O)C(N)=O. The summed E-state index contributed by atoms with van der Waals surface area (Å²) in [6.45, 7) is 1.42. The Morgan fingerprint density at radius 1 is 1.38 bits per heavy atom. The number of benzene rings is 1. The van der Waals surface area contributed by atoms with Crippen molar-refractivity contribution in [2.24, 2.45) is 5.73 Å². The predicted molar refractivity (Wildman–Crippen MR) is 55.9 cm³/mol. The Hall–Kier alpha value is -2.24. The van der Waals surface area contributed by atoms with Crippen LogP contribution >= 0.6 is 0 Å². The van der Waals surface area contributed by atoms with E-state index in [2.05, 4.69) is 5.32 Å². The van der Waals surface area contributed by atoms with E-state index in [0.717, 1.165) is 6.07 Å². The van der Waals surface area contributed by atoms with Crippen LogP contribution in [0.2, 0.25) is 0 Å². The Labute approximate surface area is 91.7 Å². The molecule has 1 rings (SSSR count).